The van der Waals surface area contributed by atoms with Gasteiger partial charge in [0.2, 0.25) is 0 Å². The van der Waals surface area contributed by atoms with Gasteiger partial charge in [-0.25, -0.2) is 4.98 Å². The SMILES string of the molecule is CCc1cnc(Cl)c2c(COc3cccc(OCc4ccc(Cl)s4)c3)csc12. The van der Waals surface area contributed by atoms with Crippen molar-refractivity contribution in [2.24, 2.45) is 0 Å². The lowest BCUT2D eigenvalue weighted by molar-refractivity contribution is 0.292. The minimum atomic E-state index is 0.429. The Morgan fingerprint density at radius 1 is 1.00 bits per heavy atom. The molecule has 3 nitrogen and oxygen atoms in total. The molecule has 7 heteroatoms. The monoisotopic (exact) mass is 449 g/mol. The highest BCUT2D eigenvalue weighted by Gasteiger charge is 2.13. The Kier molecular flexibility index (Phi) is 6.07. The number of thiophene rings is 2. The molecule has 0 radical (unpaired) electrons. The molecule has 28 heavy (non-hydrogen) atoms. The van der Waals surface area contributed by atoms with E-state index in [1.807, 2.05) is 42.6 Å². The van der Waals surface area contributed by atoms with Gasteiger partial charge in [-0.15, -0.1) is 22.7 Å². The summed E-state index contributed by atoms with van der Waals surface area (Å²) in [5, 5.41) is 3.62. The second-order valence-corrected chi connectivity index (χ2v) is 9.19. The van der Waals surface area contributed by atoms with Gasteiger partial charge in [0.1, 0.15) is 29.9 Å². The normalized spacial score (nSPS) is 11.1. The molecule has 0 aliphatic rings. The highest BCUT2D eigenvalue weighted by Crippen LogP contribution is 2.34. The minimum absolute atomic E-state index is 0.429. The van der Waals surface area contributed by atoms with E-state index in [0.717, 1.165) is 38.1 Å². The summed E-state index contributed by atoms with van der Waals surface area (Å²) in [5.74, 6) is 1.50. The van der Waals surface area contributed by atoms with Crippen LogP contribution in [0.4, 0.5) is 0 Å². The van der Waals surface area contributed by atoms with Crippen LogP contribution in [-0.4, -0.2) is 4.98 Å². The quantitative estimate of drug-likeness (QED) is 0.275. The number of pyridine rings is 1. The van der Waals surface area contributed by atoms with Crippen LogP contribution in [-0.2, 0) is 19.6 Å². The number of rotatable bonds is 7. The molecule has 144 valence electrons. The number of aryl methyl sites for hydroxylation is 1. The lowest BCUT2D eigenvalue weighted by Gasteiger charge is -2.09. The van der Waals surface area contributed by atoms with Crippen LogP contribution in [0.3, 0.4) is 0 Å². The van der Waals surface area contributed by atoms with Crippen molar-refractivity contribution in [2.45, 2.75) is 26.6 Å². The molecular formula is C21H17Cl2NO2S2. The van der Waals surface area contributed by atoms with Gasteiger partial charge >= 0.3 is 0 Å². The van der Waals surface area contributed by atoms with Crippen molar-refractivity contribution in [3.8, 4) is 11.5 Å². The molecule has 0 aliphatic heterocycles. The van der Waals surface area contributed by atoms with Crippen LogP contribution in [0.25, 0.3) is 10.1 Å². The van der Waals surface area contributed by atoms with Crippen molar-refractivity contribution < 1.29 is 9.47 Å². The molecule has 4 rings (SSSR count). The summed E-state index contributed by atoms with van der Waals surface area (Å²) in [6.07, 6.45) is 2.78. The van der Waals surface area contributed by atoms with Gasteiger partial charge in [-0.3, -0.25) is 0 Å². The van der Waals surface area contributed by atoms with E-state index in [2.05, 4.69) is 17.3 Å². The van der Waals surface area contributed by atoms with E-state index < -0.39 is 0 Å². The number of ether oxygens (including phenoxy) is 2. The average Bonchev–Trinajstić information content (AvgIpc) is 3.32. The fourth-order valence-electron chi connectivity index (χ4n) is 2.87. The Morgan fingerprint density at radius 2 is 1.79 bits per heavy atom. The molecule has 3 heterocycles. The molecule has 0 aliphatic carbocycles. The smallest absolute Gasteiger partial charge is 0.138 e. The third-order valence-electron chi connectivity index (χ3n) is 4.29. The van der Waals surface area contributed by atoms with Gasteiger partial charge in [0.15, 0.2) is 0 Å². The Bertz CT molecular complexity index is 1110. The Morgan fingerprint density at radius 3 is 2.50 bits per heavy atom. The van der Waals surface area contributed by atoms with Crippen LogP contribution < -0.4 is 9.47 Å². The first-order valence-corrected chi connectivity index (χ1v) is 11.2. The summed E-state index contributed by atoms with van der Waals surface area (Å²) in [6, 6.07) is 11.5. The van der Waals surface area contributed by atoms with Crippen molar-refractivity contribution >= 4 is 56.0 Å². The molecule has 1 aromatic carbocycles. The standard InChI is InChI=1S/C21H17Cl2NO2S2/c1-2-13-9-24-21(23)19-14(12-27-20(13)19)10-25-15-4-3-5-16(8-15)26-11-17-6-7-18(22)28-17/h3-9,12H,2,10-11H2,1H3. The van der Waals surface area contributed by atoms with Crippen LogP contribution in [0.2, 0.25) is 9.49 Å². The summed E-state index contributed by atoms with van der Waals surface area (Å²) in [7, 11) is 0. The van der Waals surface area contributed by atoms with Crippen LogP contribution in [0.5, 0.6) is 11.5 Å². The summed E-state index contributed by atoms with van der Waals surface area (Å²) < 4.78 is 13.8. The summed E-state index contributed by atoms with van der Waals surface area (Å²) in [4.78, 5) is 5.40. The number of fused-ring (bicyclic) bond motifs is 1. The molecule has 0 spiro atoms. The fraction of sp³-hybridized carbons (Fsp3) is 0.190. The zero-order valence-electron chi connectivity index (χ0n) is 15.1. The van der Waals surface area contributed by atoms with Gasteiger partial charge in [-0.1, -0.05) is 36.2 Å². The molecule has 0 atom stereocenters. The fourth-order valence-corrected chi connectivity index (χ4v) is 5.33. The predicted molar refractivity (Wildman–Crippen MR) is 118 cm³/mol. The maximum Gasteiger partial charge on any atom is 0.138 e. The van der Waals surface area contributed by atoms with E-state index in [1.165, 1.54) is 21.6 Å². The molecule has 3 aromatic heterocycles. The van der Waals surface area contributed by atoms with Crippen molar-refractivity contribution in [2.75, 3.05) is 0 Å². The Balaban J connectivity index is 1.46. The molecule has 0 bridgehead atoms. The lowest BCUT2D eigenvalue weighted by atomic mass is 10.1. The van der Waals surface area contributed by atoms with Gasteiger partial charge in [0, 0.05) is 32.8 Å². The van der Waals surface area contributed by atoms with E-state index in [4.69, 9.17) is 32.7 Å². The van der Waals surface area contributed by atoms with Gasteiger partial charge in [-0.05, 0) is 41.6 Å². The molecular weight excluding hydrogens is 433 g/mol. The number of benzene rings is 1. The van der Waals surface area contributed by atoms with Crippen molar-refractivity contribution in [1.29, 1.82) is 0 Å². The number of hydrogen-bond acceptors (Lipinski definition) is 5. The third kappa shape index (κ3) is 4.28. The van der Waals surface area contributed by atoms with E-state index in [0.29, 0.717) is 18.4 Å². The maximum absolute atomic E-state index is 6.35. The van der Waals surface area contributed by atoms with Crippen molar-refractivity contribution in [3.05, 3.63) is 73.5 Å². The van der Waals surface area contributed by atoms with Crippen molar-refractivity contribution in [3.63, 3.8) is 0 Å². The summed E-state index contributed by atoms with van der Waals surface area (Å²) >= 11 is 15.5. The number of halogens is 2. The lowest BCUT2D eigenvalue weighted by Crippen LogP contribution is -1.97. The molecule has 0 unspecified atom stereocenters. The van der Waals surface area contributed by atoms with Crippen LogP contribution in [0.1, 0.15) is 22.9 Å². The number of nitrogens with zero attached hydrogens (tertiary/aromatic N) is 1. The zero-order valence-corrected chi connectivity index (χ0v) is 18.2. The minimum Gasteiger partial charge on any atom is -0.489 e. The molecule has 4 aromatic rings. The van der Waals surface area contributed by atoms with E-state index in [1.54, 1.807) is 11.3 Å². The largest absolute Gasteiger partial charge is 0.489 e. The van der Waals surface area contributed by atoms with Gasteiger partial charge in [0.25, 0.3) is 0 Å². The van der Waals surface area contributed by atoms with Gasteiger partial charge in [-0.2, -0.15) is 0 Å². The second kappa shape index (κ2) is 8.70. The van der Waals surface area contributed by atoms with Crippen LogP contribution >= 0.6 is 45.9 Å². The van der Waals surface area contributed by atoms with Crippen molar-refractivity contribution in [1.82, 2.24) is 4.98 Å². The first kappa shape index (κ1) is 19.5. The molecule has 0 saturated carbocycles. The van der Waals surface area contributed by atoms with Crippen LogP contribution in [0, 0.1) is 0 Å². The van der Waals surface area contributed by atoms with Gasteiger partial charge < -0.3 is 9.47 Å². The average molecular weight is 450 g/mol. The topological polar surface area (TPSA) is 31.4 Å². The highest BCUT2D eigenvalue weighted by molar-refractivity contribution is 7.17. The number of hydrogen-bond donors (Lipinski definition) is 0. The van der Waals surface area contributed by atoms with E-state index in [-0.39, 0.29) is 0 Å². The molecule has 0 N–H and O–H groups in total. The summed E-state index contributed by atoms with van der Waals surface area (Å²) in [5.41, 5.74) is 2.26. The summed E-state index contributed by atoms with van der Waals surface area (Å²) in [6.45, 7) is 3.03. The molecule has 0 saturated heterocycles. The Hall–Kier alpha value is -1.79. The molecule has 0 fully saturated rings. The van der Waals surface area contributed by atoms with Gasteiger partial charge in [0.05, 0.1) is 4.34 Å². The Labute approximate surface area is 181 Å². The van der Waals surface area contributed by atoms with E-state index >= 15 is 0 Å². The maximum atomic E-state index is 6.35. The first-order chi connectivity index (χ1) is 13.6. The zero-order chi connectivity index (χ0) is 19.5. The predicted octanol–water partition coefficient (Wildman–Crippen LogP) is 7.39. The third-order valence-corrected chi connectivity index (χ3v) is 6.89. The number of aromatic nitrogens is 1. The highest BCUT2D eigenvalue weighted by atomic mass is 35.5. The van der Waals surface area contributed by atoms with Crippen LogP contribution in [0.15, 0.2) is 48.0 Å². The van der Waals surface area contributed by atoms with E-state index in [9.17, 15) is 0 Å². The second-order valence-electron chi connectivity index (χ2n) is 6.15. The molecule has 0 amide bonds. The first-order valence-electron chi connectivity index (χ1n) is 8.77.